The lowest BCUT2D eigenvalue weighted by Gasteiger charge is -2.19. The van der Waals surface area contributed by atoms with Crippen molar-refractivity contribution in [1.82, 2.24) is 14.8 Å². The fraction of sp³-hybridized carbons (Fsp3) is 0.421. The van der Waals surface area contributed by atoms with Crippen molar-refractivity contribution in [2.24, 2.45) is 18.1 Å². The highest BCUT2D eigenvalue weighted by Gasteiger charge is 2.17. The first kappa shape index (κ1) is 18.4. The number of anilines is 1. The molecule has 0 aliphatic heterocycles. The van der Waals surface area contributed by atoms with Gasteiger partial charge in [-0.3, -0.25) is 14.9 Å². The molecule has 0 saturated heterocycles. The van der Waals surface area contributed by atoms with Crippen LogP contribution in [0.15, 0.2) is 40.2 Å². The highest BCUT2D eigenvalue weighted by atomic mass is 32.1. The van der Waals surface area contributed by atoms with Gasteiger partial charge in [0, 0.05) is 12.8 Å². The summed E-state index contributed by atoms with van der Waals surface area (Å²) in [6, 6.07) is 9.54. The maximum atomic E-state index is 12.9. The Morgan fingerprint density at radius 1 is 1.31 bits per heavy atom. The number of hydrogen-bond donors (Lipinski definition) is 2. The molecule has 6 nitrogen and oxygen atoms in total. The van der Waals surface area contributed by atoms with Crippen molar-refractivity contribution >= 4 is 28.7 Å². The lowest BCUT2D eigenvalue weighted by atomic mass is 9.89. The highest BCUT2D eigenvalue weighted by molar-refractivity contribution is 7.80. The summed E-state index contributed by atoms with van der Waals surface area (Å²) in [6.07, 6.45) is 4.43. The summed E-state index contributed by atoms with van der Waals surface area (Å²) >= 11 is 5.34. The Hall–Kier alpha value is -2.41. The van der Waals surface area contributed by atoms with E-state index in [-0.39, 0.29) is 5.56 Å². The van der Waals surface area contributed by atoms with Gasteiger partial charge in [-0.1, -0.05) is 25.1 Å². The van der Waals surface area contributed by atoms with Crippen LogP contribution < -0.4 is 16.3 Å². The average Bonchev–Trinajstić information content (AvgIpc) is 2.84. The van der Waals surface area contributed by atoms with E-state index in [2.05, 4.69) is 22.8 Å². The molecule has 26 heavy (non-hydrogen) atoms. The first-order valence-electron chi connectivity index (χ1n) is 8.94. The Morgan fingerprint density at radius 2 is 2.04 bits per heavy atom. The van der Waals surface area contributed by atoms with Crippen molar-refractivity contribution in [3.63, 3.8) is 0 Å². The summed E-state index contributed by atoms with van der Waals surface area (Å²) in [5.41, 5.74) is 5.98. The number of benzene rings is 1. The van der Waals surface area contributed by atoms with Gasteiger partial charge in [0.15, 0.2) is 5.11 Å². The molecule has 0 bridgehead atoms. The Morgan fingerprint density at radius 3 is 2.73 bits per heavy atom. The summed E-state index contributed by atoms with van der Waals surface area (Å²) in [5.74, 6) is 0.667. The van der Waals surface area contributed by atoms with Gasteiger partial charge in [0.2, 0.25) is 0 Å². The van der Waals surface area contributed by atoms with Crippen LogP contribution in [0.1, 0.15) is 38.3 Å². The van der Waals surface area contributed by atoms with E-state index in [9.17, 15) is 4.79 Å². The monoisotopic (exact) mass is 371 g/mol. The van der Waals surface area contributed by atoms with E-state index >= 15 is 0 Å². The number of nitrogens with one attached hydrogen (secondary N) is 2. The van der Waals surface area contributed by atoms with Crippen LogP contribution in [0.3, 0.4) is 0 Å². The summed E-state index contributed by atoms with van der Waals surface area (Å²) in [5, 5.41) is 7.78. The summed E-state index contributed by atoms with van der Waals surface area (Å²) in [4.78, 5) is 12.9. The molecule has 1 aromatic heterocycles. The van der Waals surface area contributed by atoms with Gasteiger partial charge >= 0.3 is 0 Å². The molecule has 138 valence electrons. The molecular formula is C19H25N5OS. The van der Waals surface area contributed by atoms with Crippen LogP contribution in [0.2, 0.25) is 0 Å². The second kappa shape index (κ2) is 7.86. The summed E-state index contributed by atoms with van der Waals surface area (Å²) in [7, 11) is 1.86. The van der Waals surface area contributed by atoms with Crippen LogP contribution in [0.25, 0.3) is 5.69 Å². The molecule has 0 unspecified atom stereocenters. The number of nitrogens with zero attached hydrogens (tertiary/aromatic N) is 3. The number of thiocarbonyl (C=S) groups is 1. The fourth-order valence-electron chi connectivity index (χ4n) is 3.35. The predicted octanol–water partition coefficient (Wildman–Crippen LogP) is 3.34. The van der Waals surface area contributed by atoms with Crippen molar-refractivity contribution < 1.29 is 0 Å². The normalized spacial score (nSPS) is 18.7. The molecule has 7 heteroatoms. The Kier molecular flexibility index (Phi) is 5.56. The minimum absolute atomic E-state index is 0.140. The first-order valence-corrected chi connectivity index (χ1v) is 9.34. The number of hydrogen-bond acceptors (Lipinski definition) is 3. The quantitative estimate of drug-likeness (QED) is 0.642. The van der Waals surface area contributed by atoms with E-state index in [4.69, 9.17) is 12.2 Å². The molecule has 1 atom stereocenters. The first-order chi connectivity index (χ1) is 12.5. The average molecular weight is 372 g/mol. The van der Waals surface area contributed by atoms with E-state index in [0.717, 1.165) is 29.9 Å². The zero-order valence-corrected chi connectivity index (χ0v) is 16.3. The van der Waals surface area contributed by atoms with Crippen molar-refractivity contribution in [2.75, 3.05) is 5.32 Å². The predicted molar refractivity (Wildman–Crippen MR) is 110 cm³/mol. The Balaban J connectivity index is 1.77. The molecule has 1 heterocycles. The molecule has 3 rings (SSSR count). The van der Waals surface area contributed by atoms with E-state index in [1.165, 1.54) is 12.8 Å². The van der Waals surface area contributed by atoms with Crippen molar-refractivity contribution in [2.45, 2.75) is 39.5 Å². The Bertz CT molecular complexity index is 881. The number of aromatic nitrogens is 2. The molecule has 1 aromatic carbocycles. The minimum Gasteiger partial charge on any atom is -0.325 e. The van der Waals surface area contributed by atoms with Gasteiger partial charge in [-0.15, -0.1) is 0 Å². The molecule has 2 aromatic rings. The van der Waals surface area contributed by atoms with E-state index in [0.29, 0.717) is 16.7 Å². The van der Waals surface area contributed by atoms with E-state index < -0.39 is 0 Å². The molecule has 0 amide bonds. The van der Waals surface area contributed by atoms with Crippen molar-refractivity contribution in [1.29, 1.82) is 0 Å². The number of rotatable bonds is 3. The third-order valence-electron chi connectivity index (χ3n) is 4.85. The van der Waals surface area contributed by atoms with E-state index in [1.807, 2.05) is 49.0 Å². The third kappa shape index (κ3) is 3.88. The topological polar surface area (TPSA) is 63.4 Å². The SMILES string of the molecule is Cc1c(NC(=S)N/N=C2\CCC[C@@H](C)C2)c(=O)n(-c2ccccc2)n1C. The Labute approximate surface area is 158 Å². The van der Waals surface area contributed by atoms with Crippen LogP contribution in [0, 0.1) is 12.8 Å². The second-order valence-corrected chi connectivity index (χ2v) is 7.29. The van der Waals surface area contributed by atoms with Gasteiger partial charge in [0.25, 0.3) is 5.56 Å². The second-order valence-electron chi connectivity index (χ2n) is 6.88. The van der Waals surface area contributed by atoms with Crippen LogP contribution in [-0.2, 0) is 7.05 Å². The molecule has 2 N–H and O–H groups in total. The van der Waals surface area contributed by atoms with Gasteiger partial charge in [-0.2, -0.15) is 5.10 Å². The van der Waals surface area contributed by atoms with Gasteiger partial charge in [-0.05, 0) is 62.9 Å². The molecular weight excluding hydrogens is 346 g/mol. The zero-order chi connectivity index (χ0) is 18.7. The molecule has 1 saturated carbocycles. The van der Waals surface area contributed by atoms with Gasteiger partial charge < -0.3 is 5.32 Å². The molecule has 0 spiro atoms. The molecule has 1 aliphatic rings. The van der Waals surface area contributed by atoms with Crippen molar-refractivity contribution in [3.8, 4) is 5.69 Å². The summed E-state index contributed by atoms with van der Waals surface area (Å²) in [6.45, 7) is 4.13. The molecule has 0 radical (unpaired) electrons. The van der Waals surface area contributed by atoms with Gasteiger partial charge in [0.05, 0.1) is 11.4 Å². The number of para-hydroxylation sites is 1. The lowest BCUT2D eigenvalue weighted by Crippen LogP contribution is -2.29. The van der Waals surface area contributed by atoms with Gasteiger partial charge in [-0.25, -0.2) is 4.68 Å². The smallest absolute Gasteiger partial charge is 0.295 e. The highest BCUT2D eigenvalue weighted by Crippen LogP contribution is 2.21. The maximum Gasteiger partial charge on any atom is 0.295 e. The fourth-order valence-corrected chi connectivity index (χ4v) is 3.49. The van der Waals surface area contributed by atoms with Crippen molar-refractivity contribution in [3.05, 3.63) is 46.4 Å². The number of hydrazone groups is 1. The van der Waals surface area contributed by atoms with Crippen LogP contribution in [0.5, 0.6) is 0 Å². The standard InChI is InChI=1S/C19H25N5OS/c1-13-8-7-9-15(12-13)21-22-19(26)20-17-14(2)23(3)24(18(17)25)16-10-5-4-6-11-16/h4-6,10-11,13H,7-9,12H2,1-3H3,(H2,20,22,26)/b21-15+/t13-/m1/s1. The zero-order valence-electron chi connectivity index (χ0n) is 15.5. The van der Waals surface area contributed by atoms with Gasteiger partial charge in [0.1, 0.15) is 5.69 Å². The maximum absolute atomic E-state index is 12.9. The van der Waals surface area contributed by atoms with Crippen LogP contribution >= 0.6 is 12.2 Å². The molecule has 1 aliphatic carbocycles. The third-order valence-corrected chi connectivity index (χ3v) is 5.05. The lowest BCUT2D eigenvalue weighted by molar-refractivity contribution is 0.498. The molecule has 1 fully saturated rings. The summed E-state index contributed by atoms with van der Waals surface area (Å²) < 4.78 is 3.44. The minimum atomic E-state index is -0.140. The van der Waals surface area contributed by atoms with Crippen LogP contribution in [-0.4, -0.2) is 20.2 Å². The van der Waals surface area contributed by atoms with Crippen LogP contribution in [0.4, 0.5) is 5.69 Å². The largest absolute Gasteiger partial charge is 0.325 e. The van der Waals surface area contributed by atoms with E-state index in [1.54, 1.807) is 4.68 Å².